The Bertz CT molecular complexity index is 630. The maximum Gasteiger partial charge on any atom is 0.163 e. The molecule has 0 amide bonds. The molecule has 1 unspecified atom stereocenters. The molecule has 1 aromatic rings. The van der Waals surface area contributed by atoms with Crippen molar-refractivity contribution in [1.82, 2.24) is 5.32 Å². The van der Waals surface area contributed by atoms with Gasteiger partial charge >= 0.3 is 0 Å². The van der Waals surface area contributed by atoms with E-state index in [-0.39, 0.29) is 11.3 Å². The van der Waals surface area contributed by atoms with Crippen LogP contribution in [0.3, 0.4) is 0 Å². The first kappa shape index (κ1) is 14.6. The SMILES string of the molecule is N#CC(C#N)=C(C#N)Nc1ccc(C2CCCNC2)cc1. The molecular weight excluding hydrogens is 262 g/mol. The van der Waals surface area contributed by atoms with Gasteiger partial charge in [-0.3, -0.25) is 0 Å². The van der Waals surface area contributed by atoms with Gasteiger partial charge in [0.25, 0.3) is 0 Å². The van der Waals surface area contributed by atoms with Crippen molar-refractivity contribution in [2.45, 2.75) is 18.8 Å². The van der Waals surface area contributed by atoms with E-state index in [1.165, 1.54) is 18.4 Å². The molecule has 0 spiro atoms. The van der Waals surface area contributed by atoms with E-state index in [9.17, 15) is 0 Å². The highest BCUT2D eigenvalue weighted by molar-refractivity contribution is 5.58. The summed E-state index contributed by atoms with van der Waals surface area (Å²) in [4.78, 5) is 0. The highest BCUT2D eigenvalue weighted by atomic mass is 14.9. The summed E-state index contributed by atoms with van der Waals surface area (Å²) in [5.74, 6) is 0.521. The van der Waals surface area contributed by atoms with E-state index in [2.05, 4.69) is 10.6 Å². The second-order valence-corrected chi connectivity index (χ2v) is 4.88. The van der Waals surface area contributed by atoms with Crippen LogP contribution in [-0.2, 0) is 0 Å². The van der Waals surface area contributed by atoms with Gasteiger partial charge in [0.1, 0.15) is 23.9 Å². The van der Waals surface area contributed by atoms with E-state index in [0.717, 1.165) is 13.1 Å². The molecule has 2 N–H and O–H groups in total. The van der Waals surface area contributed by atoms with Crippen molar-refractivity contribution in [3.05, 3.63) is 41.1 Å². The summed E-state index contributed by atoms with van der Waals surface area (Å²) < 4.78 is 0. The highest BCUT2D eigenvalue weighted by Crippen LogP contribution is 2.24. The van der Waals surface area contributed by atoms with Crippen LogP contribution in [0.5, 0.6) is 0 Å². The van der Waals surface area contributed by atoms with Crippen molar-refractivity contribution in [3.8, 4) is 18.2 Å². The normalized spacial score (nSPS) is 16.9. The molecule has 1 atom stereocenters. The van der Waals surface area contributed by atoms with E-state index in [0.29, 0.717) is 11.6 Å². The molecular formula is C16H15N5. The van der Waals surface area contributed by atoms with Gasteiger partial charge in [-0.2, -0.15) is 15.8 Å². The Hall–Kier alpha value is -2.81. The molecule has 1 aliphatic heterocycles. The molecule has 5 nitrogen and oxygen atoms in total. The Morgan fingerprint density at radius 1 is 1.10 bits per heavy atom. The number of hydrogen-bond acceptors (Lipinski definition) is 5. The van der Waals surface area contributed by atoms with Gasteiger partial charge in [0, 0.05) is 12.2 Å². The number of anilines is 1. The Morgan fingerprint density at radius 3 is 2.33 bits per heavy atom. The molecule has 1 fully saturated rings. The fraction of sp³-hybridized carbons (Fsp3) is 0.312. The summed E-state index contributed by atoms with van der Waals surface area (Å²) in [6, 6.07) is 13.0. The Kier molecular flexibility index (Phi) is 4.94. The number of nitrogens with zero attached hydrogens (tertiary/aromatic N) is 3. The van der Waals surface area contributed by atoms with Gasteiger partial charge in [0.15, 0.2) is 5.57 Å². The third-order valence-electron chi connectivity index (χ3n) is 3.53. The summed E-state index contributed by atoms with van der Waals surface area (Å²) in [7, 11) is 0. The van der Waals surface area contributed by atoms with Crippen LogP contribution in [0.25, 0.3) is 0 Å². The lowest BCUT2D eigenvalue weighted by atomic mass is 9.91. The number of rotatable bonds is 3. The van der Waals surface area contributed by atoms with Crippen molar-refractivity contribution in [3.63, 3.8) is 0 Å². The van der Waals surface area contributed by atoms with Gasteiger partial charge in [-0.1, -0.05) is 12.1 Å². The van der Waals surface area contributed by atoms with Gasteiger partial charge in [-0.25, -0.2) is 0 Å². The lowest BCUT2D eigenvalue weighted by molar-refractivity contribution is 0.461. The van der Waals surface area contributed by atoms with Gasteiger partial charge < -0.3 is 10.6 Å². The second kappa shape index (κ2) is 7.10. The summed E-state index contributed by atoms with van der Waals surface area (Å²) in [5.41, 5.74) is 1.73. The minimum atomic E-state index is -0.210. The first-order valence-electron chi connectivity index (χ1n) is 6.80. The van der Waals surface area contributed by atoms with Crippen LogP contribution in [0.1, 0.15) is 24.3 Å². The van der Waals surface area contributed by atoms with Crippen LogP contribution in [0.15, 0.2) is 35.5 Å². The van der Waals surface area contributed by atoms with Gasteiger partial charge in [-0.15, -0.1) is 0 Å². The molecule has 1 aliphatic rings. The first-order chi connectivity index (χ1) is 10.3. The molecule has 1 aromatic carbocycles. The van der Waals surface area contributed by atoms with Crippen molar-refractivity contribution in [2.24, 2.45) is 0 Å². The molecule has 5 heteroatoms. The smallest absolute Gasteiger partial charge is 0.163 e. The summed E-state index contributed by atoms with van der Waals surface area (Å²) in [5, 5.41) is 32.8. The number of piperidine rings is 1. The Morgan fingerprint density at radius 2 is 1.81 bits per heavy atom. The Labute approximate surface area is 124 Å². The second-order valence-electron chi connectivity index (χ2n) is 4.88. The number of nitriles is 3. The minimum absolute atomic E-state index is 0.0212. The monoisotopic (exact) mass is 277 g/mol. The molecule has 1 heterocycles. The summed E-state index contributed by atoms with van der Waals surface area (Å²) >= 11 is 0. The van der Waals surface area contributed by atoms with Gasteiger partial charge in [-0.05, 0) is 43.0 Å². The molecule has 0 aliphatic carbocycles. The fourth-order valence-electron chi connectivity index (χ4n) is 2.40. The van der Waals surface area contributed by atoms with Crippen molar-refractivity contribution in [1.29, 1.82) is 15.8 Å². The van der Waals surface area contributed by atoms with Crippen molar-refractivity contribution < 1.29 is 0 Å². The molecule has 0 radical (unpaired) electrons. The van der Waals surface area contributed by atoms with Gasteiger partial charge in [0.2, 0.25) is 0 Å². The highest BCUT2D eigenvalue weighted by Gasteiger charge is 2.14. The fourth-order valence-corrected chi connectivity index (χ4v) is 2.40. The third-order valence-corrected chi connectivity index (χ3v) is 3.53. The van der Waals surface area contributed by atoms with Crippen LogP contribution < -0.4 is 10.6 Å². The van der Waals surface area contributed by atoms with Crippen LogP contribution in [-0.4, -0.2) is 13.1 Å². The zero-order valence-corrected chi connectivity index (χ0v) is 11.6. The molecule has 104 valence electrons. The average Bonchev–Trinajstić information content (AvgIpc) is 2.56. The zero-order chi connectivity index (χ0) is 15.1. The van der Waals surface area contributed by atoms with E-state index in [1.807, 2.05) is 30.3 Å². The van der Waals surface area contributed by atoms with Crippen LogP contribution in [0, 0.1) is 34.0 Å². The predicted molar refractivity (Wildman–Crippen MR) is 78.8 cm³/mol. The lowest BCUT2D eigenvalue weighted by Crippen LogP contribution is -2.28. The molecule has 0 aromatic heterocycles. The van der Waals surface area contributed by atoms with Crippen LogP contribution in [0.2, 0.25) is 0 Å². The van der Waals surface area contributed by atoms with Crippen LogP contribution >= 0.6 is 0 Å². The van der Waals surface area contributed by atoms with Gasteiger partial charge in [0.05, 0.1) is 0 Å². The minimum Gasteiger partial charge on any atom is -0.345 e. The third kappa shape index (κ3) is 3.60. The lowest BCUT2D eigenvalue weighted by Gasteiger charge is -2.23. The van der Waals surface area contributed by atoms with E-state index < -0.39 is 0 Å². The van der Waals surface area contributed by atoms with Crippen molar-refractivity contribution in [2.75, 3.05) is 18.4 Å². The van der Waals surface area contributed by atoms with E-state index >= 15 is 0 Å². The average molecular weight is 277 g/mol. The maximum absolute atomic E-state index is 9.00. The molecule has 1 saturated heterocycles. The topological polar surface area (TPSA) is 95.4 Å². The molecule has 2 rings (SSSR count). The van der Waals surface area contributed by atoms with E-state index in [1.54, 1.807) is 12.1 Å². The number of nitrogens with one attached hydrogen (secondary N) is 2. The quantitative estimate of drug-likeness (QED) is 0.827. The standard InChI is InChI=1S/C16H15N5/c17-8-14(9-18)16(10-19)21-15-5-3-12(4-6-15)13-2-1-7-20-11-13/h3-6,13,20-21H,1-2,7,11H2. The largest absolute Gasteiger partial charge is 0.345 e. The van der Waals surface area contributed by atoms with Crippen LogP contribution in [0.4, 0.5) is 5.69 Å². The molecule has 0 saturated carbocycles. The number of allylic oxidation sites excluding steroid dienone is 2. The maximum atomic E-state index is 9.00. The number of hydrogen-bond donors (Lipinski definition) is 2. The summed E-state index contributed by atoms with van der Waals surface area (Å²) in [6.07, 6.45) is 2.36. The number of benzene rings is 1. The molecule has 0 bridgehead atoms. The van der Waals surface area contributed by atoms with Crippen molar-refractivity contribution >= 4 is 5.69 Å². The first-order valence-corrected chi connectivity index (χ1v) is 6.80. The molecule has 21 heavy (non-hydrogen) atoms. The van der Waals surface area contributed by atoms with E-state index in [4.69, 9.17) is 15.8 Å². The predicted octanol–water partition coefficient (Wildman–Crippen LogP) is 2.39. The zero-order valence-electron chi connectivity index (χ0n) is 11.6. The Balaban J connectivity index is 2.13. The summed E-state index contributed by atoms with van der Waals surface area (Å²) in [6.45, 7) is 2.07.